The summed E-state index contributed by atoms with van der Waals surface area (Å²) in [6.45, 7) is 0. The molecule has 0 atom stereocenters. The third kappa shape index (κ3) is 18.1. The number of carbonyl (C=O) groups is 4. The van der Waals surface area contributed by atoms with E-state index < -0.39 is 23.9 Å². The predicted octanol–water partition coefficient (Wildman–Crippen LogP) is -3.02. The third-order valence-electron chi connectivity index (χ3n) is 0.358. The number of rotatable bonds is 0. The fraction of sp³-hybridized carbons (Fsp3) is 0. The zero-order valence-corrected chi connectivity index (χ0v) is 9.55. The molecule has 8 nitrogen and oxygen atoms in total. The van der Waals surface area contributed by atoms with Crippen LogP contribution in [0.1, 0.15) is 0 Å². The number of carboxylic acids is 4. The fourth-order valence-corrected chi connectivity index (χ4v) is 0. The SMILES string of the molecule is O=C(O)C(=O)O.O=C([O-])C(=O)O.[Np]. The second-order valence-electron chi connectivity index (χ2n) is 1.20. The van der Waals surface area contributed by atoms with Crippen molar-refractivity contribution < 1.29 is 69.5 Å². The Bertz CT molecular complexity index is 172. The van der Waals surface area contributed by atoms with E-state index in [0.29, 0.717) is 0 Å². The topological polar surface area (TPSA) is 152 Å². The van der Waals surface area contributed by atoms with E-state index in [1.807, 2.05) is 0 Å². The van der Waals surface area contributed by atoms with Crippen molar-refractivity contribution in [3.05, 3.63) is 0 Å². The molecule has 1 radical (unpaired) electrons. The van der Waals surface area contributed by atoms with Crippen molar-refractivity contribution in [2.75, 3.05) is 0 Å². The average molecular weight is 416 g/mol. The van der Waals surface area contributed by atoms with Crippen LogP contribution in [0, 0.1) is 29.9 Å². The van der Waals surface area contributed by atoms with Gasteiger partial charge >= 0.3 is 17.9 Å². The molecule has 0 fully saturated rings. The molecule has 0 heterocycles. The van der Waals surface area contributed by atoms with Crippen LogP contribution in [0.3, 0.4) is 0 Å². The summed E-state index contributed by atoms with van der Waals surface area (Å²) in [4.78, 5) is 36.2. The maximum atomic E-state index is 9.10. The molecule has 0 rings (SSSR count). The summed E-state index contributed by atoms with van der Waals surface area (Å²) >= 11 is 0. The molecule has 0 aromatic rings. The minimum Gasteiger partial charge on any atom is -0.539 e. The Morgan fingerprint density at radius 3 is 0.923 bits per heavy atom. The predicted molar refractivity (Wildman–Crippen MR) is 27.9 cm³/mol. The van der Waals surface area contributed by atoms with Gasteiger partial charge in [0.2, 0.25) is 0 Å². The monoisotopic (exact) mass is 415 g/mol. The normalized spacial score (nSPS) is 6.77. The van der Waals surface area contributed by atoms with Crippen molar-refractivity contribution in [3.8, 4) is 0 Å². The van der Waals surface area contributed by atoms with Crippen LogP contribution in [-0.2, 0) is 19.2 Å². The molecule has 0 bridgehead atoms. The molecule has 0 saturated carbocycles. The van der Waals surface area contributed by atoms with E-state index >= 15 is 0 Å². The molecule has 9 heteroatoms. The van der Waals surface area contributed by atoms with Crippen molar-refractivity contribution in [2.24, 2.45) is 0 Å². The standard InChI is InChI=1S/2C2H2O4.Np/c2*3-1(4)2(5)6;/h2*(H,3,4)(H,5,6);/p-1. The van der Waals surface area contributed by atoms with Crippen molar-refractivity contribution in [3.63, 3.8) is 0 Å². The second-order valence-corrected chi connectivity index (χ2v) is 1.20. The molecule has 0 amide bonds. The van der Waals surface area contributed by atoms with Gasteiger partial charge in [0.15, 0.2) is 5.97 Å². The van der Waals surface area contributed by atoms with Crippen molar-refractivity contribution in [1.82, 2.24) is 0 Å². The summed E-state index contributed by atoms with van der Waals surface area (Å²) in [6.07, 6.45) is 0. The van der Waals surface area contributed by atoms with Crippen LogP contribution in [-0.4, -0.2) is 39.2 Å². The number of carbonyl (C=O) groups excluding carboxylic acids is 1. The first-order valence-electron chi connectivity index (χ1n) is 2.19. The molecule has 0 aliphatic rings. The van der Waals surface area contributed by atoms with E-state index in [1.54, 1.807) is 0 Å². The Morgan fingerprint density at radius 2 is 0.923 bits per heavy atom. The Morgan fingerprint density at radius 1 is 0.769 bits per heavy atom. The molecule has 0 aliphatic carbocycles. The zero-order valence-electron chi connectivity index (χ0n) is 5.83. The molecule has 0 saturated heterocycles. The van der Waals surface area contributed by atoms with Gasteiger partial charge in [-0.1, -0.05) is 0 Å². The summed E-state index contributed by atoms with van der Waals surface area (Å²) in [5.74, 6) is -7.66. The summed E-state index contributed by atoms with van der Waals surface area (Å²) in [7, 11) is 0. The number of hydrogen-bond acceptors (Lipinski definition) is 5. The largest absolute Gasteiger partial charge is 0.539 e. The Kier molecular flexibility index (Phi) is 12.3. The minimum atomic E-state index is -2.07. The molecule has 0 spiro atoms. The smallest absolute Gasteiger partial charge is 0.414 e. The number of hydrogen-bond donors (Lipinski definition) is 3. The average Bonchev–Trinajstić information content (AvgIpc) is 1.88. The van der Waals surface area contributed by atoms with Crippen LogP contribution >= 0.6 is 0 Å². The van der Waals surface area contributed by atoms with Gasteiger partial charge in [0.25, 0.3) is 0 Å². The maximum Gasteiger partial charge on any atom is 0.414 e. The van der Waals surface area contributed by atoms with Gasteiger partial charge in [0, 0.05) is 29.9 Å². The van der Waals surface area contributed by atoms with Gasteiger partial charge in [0.1, 0.15) is 0 Å². The van der Waals surface area contributed by atoms with Gasteiger partial charge < -0.3 is 25.2 Å². The summed E-state index contributed by atoms with van der Waals surface area (Å²) in [5.41, 5.74) is 0. The Hall–Kier alpha value is -1.11. The molecular weight excluding hydrogens is 413 g/mol. The number of aliphatic carboxylic acids is 4. The van der Waals surface area contributed by atoms with Crippen LogP contribution in [0.4, 0.5) is 0 Å². The van der Waals surface area contributed by atoms with Crippen molar-refractivity contribution in [1.29, 1.82) is 0 Å². The van der Waals surface area contributed by atoms with E-state index in [4.69, 9.17) is 39.6 Å². The molecule has 73 valence electrons. The zero-order chi connectivity index (χ0) is 10.3. The second kappa shape index (κ2) is 8.98. The van der Waals surface area contributed by atoms with Gasteiger partial charge in [-0.2, -0.15) is 0 Å². The van der Waals surface area contributed by atoms with Gasteiger partial charge in [-0.05, 0) is 0 Å². The van der Waals surface area contributed by atoms with Crippen LogP contribution in [0.25, 0.3) is 0 Å². The Labute approximate surface area is 93.4 Å². The number of carboxylic acid groups (broad SMARTS) is 4. The third-order valence-corrected chi connectivity index (χ3v) is 0.358. The van der Waals surface area contributed by atoms with Crippen LogP contribution in [0.5, 0.6) is 0 Å². The van der Waals surface area contributed by atoms with E-state index in [2.05, 4.69) is 0 Å². The quantitative estimate of drug-likeness (QED) is 0.353. The molecule has 0 unspecified atom stereocenters. The summed E-state index contributed by atoms with van der Waals surface area (Å²) < 4.78 is 0. The first-order chi connectivity index (χ1) is 5.29. The fourth-order valence-electron chi connectivity index (χ4n) is 0. The maximum absolute atomic E-state index is 9.10. The molecule has 13 heavy (non-hydrogen) atoms. The molecule has 0 aromatic carbocycles. The first-order valence-corrected chi connectivity index (χ1v) is 2.19. The Balaban J connectivity index is -0.000000143. The van der Waals surface area contributed by atoms with Gasteiger partial charge in [-0.15, -0.1) is 0 Å². The van der Waals surface area contributed by atoms with Crippen LogP contribution in [0.2, 0.25) is 0 Å². The van der Waals surface area contributed by atoms with Gasteiger partial charge in [-0.25, -0.2) is 14.4 Å². The first kappa shape index (κ1) is 17.8. The molecule has 0 aromatic heterocycles. The van der Waals surface area contributed by atoms with Crippen molar-refractivity contribution in [2.45, 2.75) is 0 Å². The van der Waals surface area contributed by atoms with E-state index in [1.165, 1.54) is 0 Å². The van der Waals surface area contributed by atoms with Gasteiger partial charge in [-0.3, -0.25) is 0 Å². The van der Waals surface area contributed by atoms with Crippen LogP contribution < -0.4 is 5.11 Å². The molecule has 0 aliphatic heterocycles. The van der Waals surface area contributed by atoms with Gasteiger partial charge in [0.05, 0.1) is 0 Å². The summed E-state index contributed by atoms with van der Waals surface area (Å²) in [6, 6.07) is 0. The van der Waals surface area contributed by atoms with Crippen molar-refractivity contribution >= 4 is 23.9 Å². The summed E-state index contributed by atoms with van der Waals surface area (Å²) in [5, 5.41) is 31.1. The van der Waals surface area contributed by atoms with Crippen LogP contribution in [0.15, 0.2) is 0 Å². The molecule has 3 N–H and O–H groups in total. The minimum absolute atomic E-state index is 0. The molecular formula is C4H3NpO8-. The van der Waals surface area contributed by atoms with E-state index in [0.717, 1.165) is 0 Å². The van der Waals surface area contributed by atoms with E-state index in [-0.39, 0.29) is 29.9 Å². The van der Waals surface area contributed by atoms with E-state index in [9.17, 15) is 0 Å².